The van der Waals surface area contributed by atoms with E-state index in [0.717, 1.165) is 0 Å². The normalized spacial score (nSPS) is 10.3. The van der Waals surface area contributed by atoms with Gasteiger partial charge in [-0.1, -0.05) is 18.2 Å². The van der Waals surface area contributed by atoms with Crippen molar-refractivity contribution in [2.45, 2.75) is 4.90 Å². The second-order valence-corrected chi connectivity index (χ2v) is 3.21. The van der Waals surface area contributed by atoms with Crippen molar-refractivity contribution in [3.8, 4) is 0 Å². The zero-order chi connectivity index (χ0) is 7.61. The van der Waals surface area contributed by atoms with Gasteiger partial charge in [-0.3, -0.25) is 4.55 Å². The summed E-state index contributed by atoms with van der Waals surface area (Å²) in [5.74, 6) is 0. The molecule has 1 aromatic rings. The van der Waals surface area contributed by atoms with Gasteiger partial charge in [-0.2, -0.15) is 8.42 Å². The molecule has 5 heteroatoms. The van der Waals surface area contributed by atoms with Crippen LogP contribution in [-0.4, -0.2) is 64.4 Å². The predicted octanol–water partition coefficient (Wildman–Crippen LogP) is 0.285. The molecule has 0 heterocycles. The molecule has 11 heavy (non-hydrogen) atoms. The summed E-state index contributed by atoms with van der Waals surface area (Å²) in [6.07, 6.45) is 0. The maximum atomic E-state index is 10.4. The Hall–Kier alpha value is 0.766. The van der Waals surface area contributed by atoms with Crippen LogP contribution in [0.1, 0.15) is 0 Å². The molecule has 0 aromatic heterocycles. The Kier molecular flexibility index (Phi) is 5.04. The van der Waals surface area contributed by atoms with Gasteiger partial charge in [0.25, 0.3) is 10.1 Å². The molecule has 0 unspecified atom stereocenters. The van der Waals surface area contributed by atoms with Gasteiger partial charge in [-0.25, -0.2) is 0 Å². The summed E-state index contributed by atoms with van der Waals surface area (Å²) < 4.78 is 29.2. The van der Waals surface area contributed by atoms with Gasteiger partial charge < -0.3 is 0 Å². The van der Waals surface area contributed by atoms with E-state index in [-0.39, 0.29) is 56.3 Å². The number of benzene rings is 1. The Morgan fingerprint density at radius 3 is 1.82 bits per heavy atom. The first-order chi connectivity index (χ1) is 4.61. The molecule has 0 amide bonds. The van der Waals surface area contributed by atoms with Gasteiger partial charge >= 0.3 is 51.4 Å². The van der Waals surface area contributed by atoms with Crippen molar-refractivity contribution in [1.29, 1.82) is 0 Å². The minimum absolute atomic E-state index is 0. The Bertz CT molecular complexity index is 306. The van der Waals surface area contributed by atoms with Crippen molar-refractivity contribution in [1.82, 2.24) is 0 Å². The summed E-state index contributed by atoms with van der Waals surface area (Å²) in [5.41, 5.74) is 0. The molecule has 1 rings (SSSR count). The Balaban J connectivity index is 0.000001000. The average Bonchev–Trinajstić information content (AvgIpc) is 1.88. The fourth-order valence-electron chi connectivity index (χ4n) is 0.592. The van der Waals surface area contributed by atoms with E-state index in [9.17, 15) is 8.42 Å². The summed E-state index contributed by atoms with van der Waals surface area (Å²) in [7, 11) is -4.00. The van der Waals surface area contributed by atoms with Gasteiger partial charge in [0.05, 0.1) is 4.90 Å². The van der Waals surface area contributed by atoms with Crippen LogP contribution < -0.4 is 0 Å². The fraction of sp³-hybridized carbons (Fsp3) is 0. The minimum atomic E-state index is -4.00. The number of rotatable bonds is 1. The van der Waals surface area contributed by atoms with Crippen LogP contribution >= 0.6 is 0 Å². The maximum absolute atomic E-state index is 10.4. The van der Waals surface area contributed by atoms with Crippen molar-refractivity contribution in [2.75, 3.05) is 0 Å². The van der Waals surface area contributed by atoms with E-state index in [0.29, 0.717) is 0 Å². The van der Waals surface area contributed by atoms with Crippen LogP contribution in [0.3, 0.4) is 0 Å². The third-order valence-electron chi connectivity index (χ3n) is 1.04. The zero-order valence-electron chi connectivity index (χ0n) is 5.06. The second-order valence-electron chi connectivity index (χ2n) is 1.79. The Morgan fingerprint density at radius 1 is 1.09 bits per heavy atom. The summed E-state index contributed by atoms with van der Waals surface area (Å²) >= 11 is 0. The molecule has 56 valence electrons. The topological polar surface area (TPSA) is 54.4 Å². The molecule has 0 radical (unpaired) electrons. The molecule has 0 spiro atoms. The predicted molar refractivity (Wildman–Crippen MR) is 43.4 cm³/mol. The van der Waals surface area contributed by atoms with Crippen LogP contribution in [0.25, 0.3) is 0 Å². The van der Waals surface area contributed by atoms with Crippen molar-refractivity contribution in [3.05, 3.63) is 30.3 Å². The quantitative estimate of drug-likeness (QED) is 0.521. The van der Waals surface area contributed by atoms with Crippen LogP contribution in [0.5, 0.6) is 0 Å². The van der Waals surface area contributed by atoms with Crippen molar-refractivity contribution in [2.24, 2.45) is 0 Å². The second kappa shape index (κ2) is 4.71. The summed E-state index contributed by atoms with van der Waals surface area (Å²) in [6, 6.07) is 7.42. The molecule has 1 aromatic carbocycles. The molecule has 0 aliphatic carbocycles. The van der Waals surface area contributed by atoms with Crippen molar-refractivity contribution >= 4 is 61.5 Å². The first-order valence-electron chi connectivity index (χ1n) is 2.63. The van der Waals surface area contributed by atoms with E-state index in [4.69, 9.17) is 4.55 Å². The van der Waals surface area contributed by atoms with Gasteiger partial charge in [0.1, 0.15) is 0 Å². The molecule has 0 fully saturated rings. The molecule has 0 saturated heterocycles. The van der Waals surface area contributed by atoms with E-state index >= 15 is 0 Å². The van der Waals surface area contributed by atoms with Crippen LogP contribution in [0.2, 0.25) is 0 Å². The average molecular weight is 198 g/mol. The molecule has 0 aliphatic rings. The van der Waals surface area contributed by atoms with Crippen molar-refractivity contribution in [3.63, 3.8) is 0 Å². The number of hydrogen-bond acceptors (Lipinski definition) is 2. The molecule has 0 bridgehead atoms. The van der Waals surface area contributed by atoms with Crippen LogP contribution in [0, 0.1) is 0 Å². The van der Waals surface area contributed by atoms with Gasteiger partial charge in [0, 0.05) is 0 Å². The Labute approximate surface area is 108 Å². The standard InChI is InChI=1S/C6H6O3S.K.H/c7-10(8,9)6-4-2-1-3-5-6;;/h1-5H,(H,7,8,9);;. The molecule has 1 N–H and O–H groups in total. The van der Waals surface area contributed by atoms with Crippen LogP contribution in [-0.2, 0) is 10.1 Å². The molecule has 0 aliphatic heterocycles. The monoisotopic (exact) mass is 198 g/mol. The first kappa shape index (κ1) is 11.8. The van der Waals surface area contributed by atoms with E-state index in [1.54, 1.807) is 18.2 Å². The molecule has 3 nitrogen and oxygen atoms in total. The summed E-state index contributed by atoms with van der Waals surface area (Å²) in [4.78, 5) is -0.0741. The molecular formula is C6H7KO3S. The van der Waals surface area contributed by atoms with E-state index < -0.39 is 10.1 Å². The van der Waals surface area contributed by atoms with Gasteiger partial charge in [0.15, 0.2) is 0 Å². The van der Waals surface area contributed by atoms with Crippen LogP contribution in [0.15, 0.2) is 35.2 Å². The van der Waals surface area contributed by atoms with E-state index in [1.165, 1.54) is 12.1 Å². The third kappa shape index (κ3) is 3.79. The van der Waals surface area contributed by atoms with Crippen molar-refractivity contribution < 1.29 is 13.0 Å². The van der Waals surface area contributed by atoms with Crippen LogP contribution in [0.4, 0.5) is 0 Å². The number of hydrogen-bond donors (Lipinski definition) is 1. The molecule has 0 atom stereocenters. The van der Waals surface area contributed by atoms with Gasteiger partial charge in [-0.15, -0.1) is 0 Å². The zero-order valence-corrected chi connectivity index (χ0v) is 5.88. The molecular weight excluding hydrogens is 191 g/mol. The fourth-order valence-corrected chi connectivity index (χ4v) is 1.09. The van der Waals surface area contributed by atoms with E-state index in [2.05, 4.69) is 0 Å². The van der Waals surface area contributed by atoms with Gasteiger partial charge in [-0.05, 0) is 12.1 Å². The van der Waals surface area contributed by atoms with E-state index in [1.807, 2.05) is 0 Å². The summed E-state index contributed by atoms with van der Waals surface area (Å²) in [6.45, 7) is 0. The molecule has 0 saturated carbocycles. The van der Waals surface area contributed by atoms with Gasteiger partial charge in [0.2, 0.25) is 0 Å². The SMILES string of the molecule is O=S(=O)(O)c1ccccc1.[KH]. The Morgan fingerprint density at radius 2 is 1.55 bits per heavy atom. The summed E-state index contributed by atoms with van der Waals surface area (Å²) in [5, 5.41) is 0. The third-order valence-corrected chi connectivity index (χ3v) is 1.91. The first-order valence-corrected chi connectivity index (χ1v) is 4.07.